The molecule has 170 valence electrons. The minimum Gasteiger partial charge on any atom is -0.493 e. The van der Waals surface area contributed by atoms with Crippen LogP contribution in [0.15, 0.2) is 48.5 Å². The molecule has 0 aliphatic heterocycles. The number of carbonyl (C=O) groups is 2. The molecule has 0 atom stereocenters. The highest BCUT2D eigenvalue weighted by Crippen LogP contribution is 2.29. The Kier molecular flexibility index (Phi) is 6.52. The third kappa shape index (κ3) is 4.79. The first-order valence-corrected chi connectivity index (χ1v) is 11.1. The molecule has 10 heteroatoms. The monoisotopic (exact) mass is 484 g/mol. The number of thiophene rings is 1. The van der Waals surface area contributed by atoms with Gasteiger partial charge < -0.3 is 9.47 Å². The average molecular weight is 485 g/mol. The fraction of sp³-hybridized carbons (Fsp3) is 0.174. The van der Waals surface area contributed by atoms with E-state index in [-0.39, 0.29) is 0 Å². The largest absolute Gasteiger partial charge is 0.493 e. The summed E-state index contributed by atoms with van der Waals surface area (Å²) in [5.41, 5.74) is 7.09. The second-order valence-electron chi connectivity index (χ2n) is 7.18. The number of carbonyl (C=O) groups excluding carboxylic acids is 2. The van der Waals surface area contributed by atoms with Crippen LogP contribution in [0.5, 0.6) is 11.5 Å². The van der Waals surface area contributed by atoms with E-state index < -0.39 is 11.8 Å². The zero-order valence-electron chi connectivity index (χ0n) is 18.1. The van der Waals surface area contributed by atoms with Crippen molar-refractivity contribution in [2.75, 3.05) is 14.2 Å². The number of hydrogen-bond acceptors (Lipinski definition) is 6. The van der Waals surface area contributed by atoms with Crippen LogP contribution in [0, 0.1) is 6.92 Å². The number of fused-ring (bicyclic) bond motifs is 1. The third-order valence-corrected chi connectivity index (χ3v) is 6.41. The van der Waals surface area contributed by atoms with Gasteiger partial charge in [0.1, 0.15) is 4.83 Å². The van der Waals surface area contributed by atoms with Crippen molar-refractivity contribution in [2.45, 2.75) is 13.5 Å². The number of hydrogen-bond donors (Lipinski definition) is 2. The fourth-order valence-electron chi connectivity index (χ4n) is 3.32. The number of nitrogens with zero attached hydrogens (tertiary/aromatic N) is 2. The van der Waals surface area contributed by atoms with Gasteiger partial charge in [-0.25, -0.2) is 0 Å². The highest BCUT2D eigenvalue weighted by atomic mass is 35.5. The average Bonchev–Trinajstić information content (AvgIpc) is 3.39. The summed E-state index contributed by atoms with van der Waals surface area (Å²) in [5, 5.41) is 6.15. The van der Waals surface area contributed by atoms with Gasteiger partial charge in [0.2, 0.25) is 0 Å². The normalized spacial score (nSPS) is 10.8. The molecule has 2 N–H and O–H groups in total. The zero-order chi connectivity index (χ0) is 23.5. The summed E-state index contributed by atoms with van der Waals surface area (Å²) < 4.78 is 12.2. The van der Waals surface area contributed by atoms with Crippen LogP contribution in [-0.4, -0.2) is 35.8 Å². The lowest BCUT2D eigenvalue weighted by atomic mass is 10.2. The third-order valence-electron chi connectivity index (χ3n) is 5.01. The first-order valence-electron chi connectivity index (χ1n) is 9.93. The molecule has 2 aromatic heterocycles. The molecule has 4 aromatic rings. The summed E-state index contributed by atoms with van der Waals surface area (Å²) in [6.45, 7) is 2.45. The number of amides is 2. The van der Waals surface area contributed by atoms with Gasteiger partial charge in [-0.3, -0.25) is 25.1 Å². The molecule has 2 heterocycles. The Morgan fingerprint density at radius 2 is 1.70 bits per heavy atom. The van der Waals surface area contributed by atoms with Gasteiger partial charge in [-0.15, -0.1) is 11.3 Å². The van der Waals surface area contributed by atoms with Crippen LogP contribution in [0.25, 0.3) is 10.2 Å². The molecule has 4 rings (SSSR count). The Morgan fingerprint density at radius 3 is 2.39 bits per heavy atom. The first kappa shape index (κ1) is 22.6. The van der Waals surface area contributed by atoms with E-state index >= 15 is 0 Å². The number of benzene rings is 2. The number of halogens is 1. The predicted molar refractivity (Wildman–Crippen MR) is 127 cm³/mol. The SMILES string of the molecule is COc1ccc(C(=O)NNC(=O)c2cc3c(C)nn(Cc4ccc(Cl)cc4)c3s2)cc1OC. The van der Waals surface area contributed by atoms with E-state index in [1.54, 1.807) is 18.2 Å². The van der Waals surface area contributed by atoms with Crippen molar-refractivity contribution in [1.29, 1.82) is 0 Å². The van der Waals surface area contributed by atoms with Crippen LogP contribution in [0.1, 0.15) is 31.3 Å². The standard InChI is InChI=1S/C23H21ClN4O4S/c1-13-17-11-20(33-23(17)28(27-13)12-14-4-7-16(24)8-5-14)22(30)26-25-21(29)15-6-9-18(31-2)19(10-15)32-3/h4-11H,12H2,1-3H3,(H,25,29)(H,26,30). The molecule has 0 fully saturated rings. The summed E-state index contributed by atoms with van der Waals surface area (Å²) in [5.74, 6) is 0.0334. The van der Waals surface area contributed by atoms with Crippen molar-refractivity contribution in [3.8, 4) is 11.5 Å². The van der Waals surface area contributed by atoms with Crippen molar-refractivity contribution in [3.63, 3.8) is 0 Å². The molecule has 8 nitrogen and oxygen atoms in total. The number of rotatable bonds is 6. The Balaban J connectivity index is 1.47. The Morgan fingerprint density at radius 1 is 1.00 bits per heavy atom. The van der Waals surface area contributed by atoms with E-state index in [2.05, 4.69) is 16.0 Å². The number of ether oxygens (including phenoxy) is 2. The zero-order valence-corrected chi connectivity index (χ0v) is 19.7. The van der Waals surface area contributed by atoms with Gasteiger partial charge in [-0.1, -0.05) is 23.7 Å². The van der Waals surface area contributed by atoms with Gasteiger partial charge in [0.25, 0.3) is 11.8 Å². The van der Waals surface area contributed by atoms with Gasteiger partial charge in [0, 0.05) is 16.0 Å². The fourth-order valence-corrected chi connectivity index (χ4v) is 4.50. The molecule has 0 aliphatic rings. The molecule has 0 radical (unpaired) electrons. The molecule has 0 spiro atoms. The number of aryl methyl sites for hydroxylation is 1. The van der Waals surface area contributed by atoms with Crippen LogP contribution in [0.4, 0.5) is 0 Å². The summed E-state index contributed by atoms with van der Waals surface area (Å²) >= 11 is 7.27. The van der Waals surface area contributed by atoms with Crippen LogP contribution < -0.4 is 20.3 Å². The summed E-state index contributed by atoms with van der Waals surface area (Å²) in [4.78, 5) is 26.5. The molecular weight excluding hydrogens is 464 g/mol. The lowest BCUT2D eigenvalue weighted by molar-refractivity contribution is 0.0848. The number of methoxy groups -OCH3 is 2. The van der Waals surface area contributed by atoms with Crippen LogP contribution >= 0.6 is 22.9 Å². The molecule has 0 aliphatic carbocycles. The van der Waals surface area contributed by atoms with E-state index in [1.807, 2.05) is 35.9 Å². The van der Waals surface area contributed by atoms with Gasteiger partial charge >= 0.3 is 0 Å². The Bertz CT molecular complexity index is 1330. The molecule has 0 saturated carbocycles. The Labute approximate surface area is 199 Å². The van der Waals surface area contributed by atoms with Crippen molar-refractivity contribution in [3.05, 3.63) is 75.3 Å². The van der Waals surface area contributed by atoms with E-state index in [4.69, 9.17) is 21.1 Å². The maximum atomic E-state index is 12.7. The Hall–Kier alpha value is -3.56. The maximum Gasteiger partial charge on any atom is 0.279 e. The topological polar surface area (TPSA) is 94.5 Å². The van der Waals surface area contributed by atoms with Gasteiger partial charge in [0.15, 0.2) is 11.5 Å². The minimum atomic E-state index is -0.476. The quantitative estimate of drug-likeness (QED) is 0.400. The summed E-state index contributed by atoms with van der Waals surface area (Å²) in [6.07, 6.45) is 0. The first-order chi connectivity index (χ1) is 15.9. The predicted octanol–water partition coefficient (Wildman–Crippen LogP) is 4.20. The van der Waals surface area contributed by atoms with Crippen molar-refractivity contribution < 1.29 is 19.1 Å². The lowest BCUT2D eigenvalue weighted by Crippen LogP contribution is -2.41. The lowest BCUT2D eigenvalue weighted by Gasteiger charge is -2.10. The number of hydrazine groups is 1. The molecule has 2 aromatic carbocycles. The summed E-state index contributed by atoms with van der Waals surface area (Å²) in [7, 11) is 3.00. The smallest absolute Gasteiger partial charge is 0.279 e. The number of aromatic nitrogens is 2. The molecule has 0 bridgehead atoms. The molecular formula is C23H21ClN4O4S. The molecule has 0 unspecified atom stereocenters. The van der Waals surface area contributed by atoms with Crippen LogP contribution in [-0.2, 0) is 6.54 Å². The summed E-state index contributed by atoms with van der Waals surface area (Å²) in [6, 6.07) is 14.1. The van der Waals surface area contributed by atoms with E-state index in [0.717, 1.165) is 21.5 Å². The van der Waals surface area contributed by atoms with Gasteiger partial charge in [0.05, 0.1) is 31.3 Å². The van der Waals surface area contributed by atoms with Crippen molar-refractivity contribution in [1.82, 2.24) is 20.6 Å². The van der Waals surface area contributed by atoms with E-state index in [9.17, 15) is 9.59 Å². The maximum absolute atomic E-state index is 12.7. The van der Waals surface area contributed by atoms with E-state index in [0.29, 0.717) is 33.5 Å². The molecule has 2 amide bonds. The minimum absolute atomic E-state index is 0.318. The second-order valence-corrected chi connectivity index (χ2v) is 8.64. The molecule has 33 heavy (non-hydrogen) atoms. The van der Waals surface area contributed by atoms with Crippen LogP contribution in [0.3, 0.4) is 0 Å². The number of nitrogens with one attached hydrogen (secondary N) is 2. The second kappa shape index (κ2) is 9.51. The van der Waals surface area contributed by atoms with E-state index in [1.165, 1.54) is 31.6 Å². The highest BCUT2D eigenvalue weighted by molar-refractivity contribution is 7.20. The van der Waals surface area contributed by atoms with Crippen molar-refractivity contribution in [2.24, 2.45) is 0 Å². The van der Waals surface area contributed by atoms with Crippen molar-refractivity contribution >= 4 is 45.0 Å². The molecule has 0 saturated heterocycles. The van der Waals surface area contributed by atoms with Gasteiger partial charge in [-0.05, 0) is 48.9 Å². The van der Waals surface area contributed by atoms with Crippen LogP contribution in [0.2, 0.25) is 5.02 Å². The van der Waals surface area contributed by atoms with Gasteiger partial charge in [-0.2, -0.15) is 5.10 Å². The highest BCUT2D eigenvalue weighted by Gasteiger charge is 2.18.